The summed E-state index contributed by atoms with van der Waals surface area (Å²) in [7, 11) is 0. The SMILES string of the molecule is CCOc1ccc(CNC(=O)C(=O)Nc2ccccc2)cc1. The van der Waals surface area contributed by atoms with Gasteiger partial charge in [0.2, 0.25) is 0 Å². The van der Waals surface area contributed by atoms with E-state index in [0.29, 0.717) is 12.3 Å². The van der Waals surface area contributed by atoms with Crippen molar-refractivity contribution in [3.05, 3.63) is 60.2 Å². The molecule has 5 heteroatoms. The summed E-state index contributed by atoms with van der Waals surface area (Å²) in [5, 5.41) is 5.11. The molecule has 0 aromatic heterocycles. The average Bonchev–Trinajstić information content (AvgIpc) is 2.55. The third kappa shape index (κ3) is 4.63. The summed E-state index contributed by atoms with van der Waals surface area (Å²) in [6.07, 6.45) is 0. The molecule has 5 nitrogen and oxygen atoms in total. The van der Waals surface area contributed by atoms with E-state index >= 15 is 0 Å². The number of rotatable bonds is 5. The van der Waals surface area contributed by atoms with Crippen LogP contribution in [0.2, 0.25) is 0 Å². The summed E-state index contributed by atoms with van der Waals surface area (Å²) in [6, 6.07) is 16.2. The van der Waals surface area contributed by atoms with Gasteiger partial charge in [-0.25, -0.2) is 0 Å². The average molecular weight is 298 g/mol. The maximum Gasteiger partial charge on any atom is 0.313 e. The van der Waals surface area contributed by atoms with Crippen LogP contribution in [0.5, 0.6) is 5.75 Å². The number of para-hydroxylation sites is 1. The first kappa shape index (κ1) is 15.6. The van der Waals surface area contributed by atoms with Gasteiger partial charge in [0.1, 0.15) is 5.75 Å². The Hall–Kier alpha value is -2.82. The molecule has 0 saturated heterocycles. The van der Waals surface area contributed by atoms with Crippen molar-refractivity contribution in [1.29, 1.82) is 0 Å². The molecular formula is C17H18N2O3. The second kappa shape index (κ2) is 7.83. The fourth-order valence-electron chi connectivity index (χ4n) is 1.84. The lowest BCUT2D eigenvalue weighted by Crippen LogP contribution is -2.34. The van der Waals surface area contributed by atoms with E-state index in [2.05, 4.69) is 10.6 Å². The van der Waals surface area contributed by atoms with Crippen LogP contribution >= 0.6 is 0 Å². The van der Waals surface area contributed by atoms with Crippen LogP contribution in [-0.4, -0.2) is 18.4 Å². The molecule has 0 aliphatic carbocycles. The Labute approximate surface area is 129 Å². The second-order valence-corrected chi connectivity index (χ2v) is 4.58. The van der Waals surface area contributed by atoms with Gasteiger partial charge >= 0.3 is 11.8 Å². The van der Waals surface area contributed by atoms with Gasteiger partial charge in [0, 0.05) is 12.2 Å². The predicted molar refractivity (Wildman–Crippen MR) is 84.5 cm³/mol. The Bertz CT molecular complexity index is 624. The minimum absolute atomic E-state index is 0.285. The standard InChI is InChI=1S/C17H18N2O3/c1-2-22-15-10-8-13(9-11-15)12-18-16(20)17(21)19-14-6-4-3-5-7-14/h3-11H,2,12H2,1H3,(H,18,20)(H,19,21). The smallest absolute Gasteiger partial charge is 0.313 e. The second-order valence-electron chi connectivity index (χ2n) is 4.58. The molecule has 2 rings (SSSR count). The molecule has 0 spiro atoms. The first-order chi connectivity index (χ1) is 10.7. The lowest BCUT2D eigenvalue weighted by Gasteiger charge is -2.07. The lowest BCUT2D eigenvalue weighted by molar-refractivity contribution is -0.136. The summed E-state index contributed by atoms with van der Waals surface area (Å²) in [5.74, 6) is -0.575. The molecule has 2 aromatic rings. The van der Waals surface area contributed by atoms with Crippen LogP contribution in [0.15, 0.2) is 54.6 Å². The topological polar surface area (TPSA) is 67.4 Å². The van der Waals surface area contributed by atoms with Crippen molar-refractivity contribution >= 4 is 17.5 Å². The largest absolute Gasteiger partial charge is 0.494 e. The maximum atomic E-state index is 11.7. The highest BCUT2D eigenvalue weighted by Gasteiger charge is 2.12. The highest BCUT2D eigenvalue weighted by molar-refractivity contribution is 6.39. The number of ether oxygens (including phenoxy) is 1. The minimum atomic E-state index is -0.683. The van der Waals surface area contributed by atoms with Crippen molar-refractivity contribution in [2.75, 3.05) is 11.9 Å². The summed E-state index contributed by atoms with van der Waals surface area (Å²) in [5.41, 5.74) is 1.48. The van der Waals surface area contributed by atoms with Crippen molar-refractivity contribution in [3.63, 3.8) is 0 Å². The highest BCUT2D eigenvalue weighted by Crippen LogP contribution is 2.11. The molecule has 0 radical (unpaired) electrons. The predicted octanol–water partition coefficient (Wildman–Crippen LogP) is 2.34. The molecule has 0 aliphatic rings. The molecule has 2 amide bonds. The number of hydrogen-bond acceptors (Lipinski definition) is 3. The van der Waals surface area contributed by atoms with Gasteiger partial charge in [0.05, 0.1) is 6.61 Å². The molecular weight excluding hydrogens is 280 g/mol. The third-order valence-electron chi connectivity index (χ3n) is 2.93. The summed E-state index contributed by atoms with van der Waals surface area (Å²) in [4.78, 5) is 23.5. The highest BCUT2D eigenvalue weighted by atomic mass is 16.5. The summed E-state index contributed by atoms with van der Waals surface area (Å²) < 4.78 is 5.34. The van der Waals surface area contributed by atoms with Gasteiger partial charge in [0.15, 0.2) is 0 Å². The quantitative estimate of drug-likeness (QED) is 0.833. The van der Waals surface area contributed by atoms with E-state index in [9.17, 15) is 9.59 Å². The number of anilines is 1. The minimum Gasteiger partial charge on any atom is -0.494 e. The van der Waals surface area contributed by atoms with E-state index in [1.807, 2.05) is 37.3 Å². The van der Waals surface area contributed by atoms with Crippen LogP contribution < -0.4 is 15.4 Å². The first-order valence-corrected chi connectivity index (χ1v) is 7.05. The number of benzene rings is 2. The van der Waals surface area contributed by atoms with Gasteiger partial charge in [-0.3, -0.25) is 9.59 Å². The van der Waals surface area contributed by atoms with E-state index in [0.717, 1.165) is 11.3 Å². The molecule has 0 aliphatic heterocycles. The van der Waals surface area contributed by atoms with Crippen molar-refractivity contribution in [2.45, 2.75) is 13.5 Å². The van der Waals surface area contributed by atoms with Crippen molar-refractivity contribution < 1.29 is 14.3 Å². The number of nitrogens with one attached hydrogen (secondary N) is 2. The normalized spacial score (nSPS) is 9.86. The molecule has 0 fully saturated rings. The van der Waals surface area contributed by atoms with Gasteiger partial charge < -0.3 is 15.4 Å². The van der Waals surface area contributed by atoms with Crippen LogP contribution in [0.25, 0.3) is 0 Å². The molecule has 114 valence electrons. The molecule has 0 atom stereocenters. The van der Waals surface area contributed by atoms with E-state index in [1.54, 1.807) is 24.3 Å². The first-order valence-electron chi connectivity index (χ1n) is 7.05. The Balaban J connectivity index is 1.83. The molecule has 0 bridgehead atoms. The molecule has 0 heterocycles. The fraction of sp³-hybridized carbons (Fsp3) is 0.176. The van der Waals surface area contributed by atoms with Crippen LogP contribution in [0.4, 0.5) is 5.69 Å². The fourth-order valence-corrected chi connectivity index (χ4v) is 1.84. The Kier molecular flexibility index (Phi) is 5.54. The third-order valence-corrected chi connectivity index (χ3v) is 2.93. The lowest BCUT2D eigenvalue weighted by atomic mass is 10.2. The molecule has 2 aromatic carbocycles. The Morgan fingerprint density at radius 3 is 2.27 bits per heavy atom. The van der Waals surface area contributed by atoms with Crippen LogP contribution in [-0.2, 0) is 16.1 Å². The summed E-state index contributed by atoms with van der Waals surface area (Å²) >= 11 is 0. The van der Waals surface area contributed by atoms with Gasteiger partial charge in [-0.2, -0.15) is 0 Å². The molecule has 22 heavy (non-hydrogen) atoms. The van der Waals surface area contributed by atoms with Crippen LogP contribution in [0, 0.1) is 0 Å². The van der Waals surface area contributed by atoms with Gasteiger partial charge in [-0.15, -0.1) is 0 Å². The Morgan fingerprint density at radius 1 is 0.955 bits per heavy atom. The molecule has 0 saturated carbocycles. The van der Waals surface area contributed by atoms with Gasteiger partial charge in [-0.1, -0.05) is 30.3 Å². The van der Waals surface area contributed by atoms with E-state index < -0.39 is 11.8 Å². The van der Waals surface area contributed by atoms with Gasteiger partial charge in [-0.05, 0) is 36.8 Å². The molecule has 0 unspecified atom stereocenters. The number of carbonyl (C=O) groups excluding carboxylic acids is 2. The maximum absolute atomic E-state index is 11.7. The summed E-state index contributed by atoms with van der Waals surface area (Å²) in [6.45, 7) is 2.81. The number of amides is 2. The van der Waals surface area contributed by atoms with Crippen molar-refractivity contribution in [2.24, 2.45) is 0 Å². The van der Waals surface area contributed by atoms with E-state index in [1.165, 1.54) is 0 Å². The number of hydrogen-bond donors (Lipinski definition) is 2. The van der Waals surface area contributed by atoms with E-state index in [-0.39, 0.29) is 6.54 Å². The zero-order valence-electron chi connectivity index (χ0n) is 12.3. The van der Waals surface area contributed by atoms with Crippen molar-refractivity contribution in [1.82, 2.24) is 5.32 Å². The van der Waals surface area contributed by atoms with E-state index in [4.69, 9.17) is 4.74 Å². The Morgan fingerprint density at radius 2 is 1.64 bits per heavy atom. The number of carbonyl (C=O) groups is 2. The van der Waals surface area contributed by atoms with Crippen molar-refractivity contribution in [3.8, 4) is 5.75 Å². The van der Waals surface area contributed by atoms with Crippen LogP contribution in [0.3, 0.4) is 0 Å². The zero-order valence-corrected chi connectivity index (χ0v) is 12.3. The van der Waals surface area contributed by atoms with Crippen LogP contribution in [0.1, 0.15) is 12.5 Å². The molecule has 2 N–H and O–H groups in total. The zero-order chi connectivity index (χ0) is 15.8. The van der Waals surface area contributed by atoms with Gasteiger partial charge in [0.25, 0.3) is 0 Å². The monoisotopic (exact) mass is 298 g/mol.